The largest absolute Gasteiger partial charge is 0.493 e. The summed E-state index contributed by atoms with van der Waals surface area (Å²) in [4.78, 5) is 12.0. The highest BCUT2D eigenvalue weighted by molar-refractivity contribution is 5.76. The molecule has 0 saturated heterocycles. The Balaban J connectivity index is 1.85. The summed E-state index contributed by atoms with van der Waals surface area (Å²) in [5.74, 6) is 1.01. The van der Waals surface area contributed by atoms with Crippen molar-refractivity contribution in [3.8, 4) is 11.5 Å². The highest BCUT2D eigenvalue weighted by atomic mass is 19.1. The SMILES string of the molecule is COc1cc(CNC(=O)CCc2ccc(F)cc2)ccc1OC(C)C. The van der Waals surface area contributed by atoms with E-state index in [0.29, 0.717) is 30.9 Å². The number of hydrogen-bond acceptors (Lipinski definition) is 3. The van der Waals surface area contributed by atoms with Crippen molar-refractivity contribution in [2.45, 2.75) is 39.3 Å². The smallest absolute Gasteiger partial charge is 0.220 e. The van der Waals surface area contributed by atoms with Crippen molar-refractivity contribution in [2.24, 2.45) is 0 Å². The van der Waals surface area contributed by atoms with Crippen LogP contribution >= 0.6 is 0 Å². The molecule has 4 nitrogen and oxygen atoms in total. The zero-order valence-electron chi connectivity index (χ0n) is 14.8. The number of ether oxygens (including phenoxy) is 2. The molecule has 5 heteroatoms. The van der Waals surface area contributed by atoms with Crippen LogP contribution in [0.25, 0.3) is 0 Å². The number of nitrogens with one attached hydrogen (secondary N) is 1. The molecule has 0 unspecified atom stereocenters. The van der Waals surface area contributed by atoms with Crippen molar-refractivity contribution >= 4 is 5.91 Å². The second-order valence-electron chi connectivity index (χ2n) is 6.06. The number of carbonyl (C=O) groups is 1. The first-order valence-electron chi connectivity index (χ1n) is 8.32. The van der Waals surface area contributed by atoms with E-state index >= 15 is 0 Å². The average Bonchev–Trinajstić information content (AvgIpc) is 2.60. The van der Waals surface area contributed by atoms with Crippen molar-refractivity contribution in [1.29, 1.82) is 0 Å². The summed E-state index contributed by atoms with van der Waals surface area (Å²) >= 11 is 0. The van der Waals surface area contributed by atoms with Crippen molar-refractivity contribution < 1.29 is 18.7 Å². The lowest BCUT2D eigenvalue weighted by Gasteiger charge is -2.14. The Morgan fingerprint density at radius 3 is 2.40 bits per heavy atom. The fourth-order valence-corrected chi connectivity index (χ4v) is 2.37. The molecule has 0 spiro atoms. The molecule has 2 aromatic rings. The van der Waals surface area contributed by atoms with E-state index in [0.717, 1.165) is 11.1 Å². The first-order valence-corrected chi connectivity index (χ1v) is 8.32. The Morgan fingerprint density at radius 1 is 1.08 bits per heavy atom. The molecule has 2 aromatic carbocycles. The van der Waals surface area contributed by atoms with Crippen LogP contribution in [0.5, 0.6) is 11.5 Å². The van der Waals surface area contributed by atoms with Crippen molar-refractivity contribution in [2.75, 3.05) is 7.11 Å². The molecule has 2 rings (SSSR count). The maximum Gasteiger partial charge on any atom is 0.220 e. The predicted molar refractivity (Wildman–Crippen MR) is 95.3 cm³/mol. The molecule has 0 heterocycles. The molecule has 0 aromatic heterocycles. The summed E-state index contributed by atoms with van der Waals surface area (Å²) in [6.07, 6.45) is 0.999. The molecule has 0 aliphatic carbocycles. The monoisotopic (exact) mass is 345 g/mol. The van der Waals surface area contributed by atoms with Crippen LogP contribution in [0.3, 0.4) is 0 Å². The van der Waals surface area contributed by atoms with Gasteiger partial charge >= 0.3 is 0 Å². The van der Waals surface area contributed by atoms with Gasteiger partial charge in [-0.3, -0.25) is 4.79 Å². The molecule has 0 atom stereocenters. The van der Waals surface area contributed by atoms with Gasteiger partial charge in [-0.15, -0.1) is 0 Å². The van der Waals surface area contributed by atoms with Crippen molar-refractivity contribution in [3.63, 3.8) is 0 Å². The highest BCUT2D eigenvalue weighted by Crippen LogP contribution is 2.28. The molecule has 0 radical (unpaired) electrons. The lowest BCUT2D eigenvalue weighted by molar-refractivity contribution is -0.121. The number of halogens is 1. The molecule has 1 N–H and O–H groups in total. The van der Waals surface area contributed by atoms with Crippen LogP contribution in [0.2, 0.25) is 0 Å². The third kappa shape index (κ3) is 6.10. The van der Waals surface area contributed by atoms with Crippen LogP contribution in [-0.4, -0.2) is 19.1 Å². The Bertz CT molecular complexity index is 699. The molecule has 0 aliphatic rings. The zero-order chi connectivity index (χ0) is 18.2. The molecule has 1 amide bonds. The van der Waals surface area contributed by atoms with Gasteiger partial charge in [0.2, 0.25) is 5.91 Å². The van der Waals surface area contributed by atoms with E-state index in [2.05, 4.69) is 5.32 Å². The van der Waals surface area contributed by atoms with Gasteiger partial charge in [-0.05, 0) is 55.7 Å². The van der Waals surface area contributed by atoms with Gasteiger partial charge in [0.05, 0.1) is 13.2 Å². The number of benzene rings is 2. The Labute approximate surface area is 148 Å². The summed E-state index contributed by atoms with van der Waals surface area (Å²) in [5.41, 5.74) is 1.87. The molecule has 0 fully saturated rings. The van der Waals surface area contributed by atoms with Crippen LogP contribution in [0.4, 0.5) is 4.39 Å². The van der Waals surface area contributed by atoms with Gasteiger partial charge in [-0.25, -0.2) is 4.39 Å². The van der Waals surface area contributed by atoms with Crippen molar-refractivity contribution in [3.05, 3.63) is 59.4 Å². The summed E-state index contributed by atoms with van der Waals surface area (Å²) in [6.45, 7) is 4.32. The van der Waals surface area contributed by atoms with E-state index in [9.17, 15) is 9.18 Å². The standard InChI is InChI=1S/C20H24FNO3/c1-14(2)25-18-10-6-16(12-19(18)24-3)13-22-20(23)11-7-15-4-8-17(21)9-5-15/h4-6,8-10,12,14H,7,11,13H2,1-3H3,(H,22,23). The first kappa shape index (κ1) is 18.8. The number of carbonyl (C=O) groups excluding carboxylic acids is 1. The normalized spacial score (nSPS) is 10.6. The fraction of sp³-hybridized carbons (Fsp3) is 0.350. The van der Waals surface area contributed by atoms with Crippen molar-refractivity contribution in [1.82, 2.24) is 5.32 Å². The van der Waals surface area contributed by atoms with Crippen LogP contribution in [0, 0.1) is 5.82 Å². The number of amides is 1. The molecule has 0 aliphatic heterocycles. The van der Waals surface area contributed by atoms with Crippen LogP contribution in [0.1, 0.15) is 31.4 Å². The zero-order valence-corrected chi connectivity index (χ0v) is 14.8. The maximum atomic E-state index is 12.9. The minimum absolute atomic E-state index is 0.0502. The van der Waals surface area contributed by atoms with Gasteiger partial charge < -0.3 is 14.8 Å². The number of rotatable bonds is 8. The molecule has 134 valence electrons. The van der Waals surface area contributed by atoms with Gasteiger partial charge in [0, 0.05) is 13.0 Å². The van der Waals surface area contributed by atoms with Gasteiger partial charge in [0.25, 0.3) is 0 Å². The van der Waals surface area contributed by atoms with Crippen LogP contribution in [-0.2, 0) is 17.8 Å². The lowest BCUT2D eigenvalue weighted by atomic mass is 10.1. The Morgan fingerprint density at radius 2 is 1.76 bits per heavy atom. The number of hydrogen-bond donors (Lipinski definition) is 1. The van der Waals surface area contributed by atoms with Gasteiger partial charge in [0.1, 0.15) is 5.82 Å². The summed E-state index contributed by atoms with van der Waals surface area (Å²) in [5, 5.41) is 2.88. The Hall–Kier alpha value is -2.56. The van der Waals surface area contributed by atoms with Crippen LogP contribution < -0.4 is 14.8 Å². The molecule has 25 heavy (non-hydrogen) atoms. The summed E-state index contributed by atoms with van der Waals surface area (Å²) in [7, 11) is 1.59. The van der Waals surface area contributed by atoms with Crippen LogP contribution in [0.15, 0.2) is 42.5 Å². The maximum absolute atomic E-state index is 12.9. The van der Waals surface area contributed by atoms with E-state index in [1.165, 1.54) is 12.1 Å². The quantitative estimate of drug-likeness (QED) is 0.790. The third-order valence-corrected chi connectivity index (χ3v) is 3.63. The van der Waals surface area contributed by atoms with E-state index in [1.54, 1.807) is 19.2 Å². The summed E-state index contributed by atoms with van der Waals surface area (Å²) < 4.78 is 23.9. The minimum atomic E-state index is -0.271. The average molecular weight is 345 g/mol. The first-order chi connectivity index (χ1) is 12.0. The summed E-state index contributed by atoms with van der Waals surface area (Å²) in [6, 6.07) is 11.8. The lowest BCUT2D eigenvalue weighted by Crippen LogP contribution is -2.23. The minimum Gasteiger partial charge on any atom is -0.493 e. The van der Waals surface area contributed by atoms with E-state index in [4.69, 9.17) is 9.47 Å². The van der Waals surface area contributed by atoms with E-state index in [1.807, 2.05) is 32.0 Å². The third-order valence-electron chi connectivity index (χ3n) is 3.63. The second-order valence-corrected chi connectivity index (χ2v) is 6.06. The molecular weight excluding hydrogens is 321 g/mol. The Kier molecular flexibility index (Phi) is 6.81. The van der Waals surface area contributed by atoms with E-state index in [-0.39, 0.29) is 17.8 Å². The van der Waals surface area contributed by atoms with Gasteiger partial charge in [-0.2, -0.15) is 0 Å². The van der Waals surface area contributed by atoms with E-state index < -0.39 is 0 Å². The highest BCUT2D eigenvalue weighted by Gasteiger charge is 2.09. The molecule has 0 saturated carbocycles. The predicted octanol–water partition coefficient (Wildman–Crippen LogP) is 3.87. The topological polar surface area (TPSA) is 47.6 Å². The van der Waals surface area contributed by atoms with Gasteiger partial charge in [0.15, 0.2) is 11.5 Å². The number of aryl methyl sites for hydroxylation is 1. The molecule has 0 bridgehead atoms. The fourth-order valence-electron chi connectivity index (χ4n) is 2.37. The second kappa shape index (κ2) is 9.06. The molecular formula is C20H24FNO3. The van der Waals surface area contributed by atoms with Gasteiger partial charge in [-0.1, -0.05) is 18.2 Å². The number of methoxy groups -OCH3 is 1.